The number of nitrogens with zero attached hydrogens (tertiary/aromatic N) is 3. The Labute approximate surface area is 134 Å². The predicted molar refractivity (Wildman–Crippen MR) is 86.1 cm³/mol. The molecule has 1 amide bonds. The molecule has 0 unspecified atom stereocenters. The van der Waals surface area contributed by atoms with E-state index in [1.165, 1.54) is 12.8 Å². The summed E-state index contributed by atoms with van der Waals surface area (Å²) in [5, 5.41) is 3.48. The lowest BCUT2D eigenvalue weighted by molar-refractivity contribution is 0.0950. The number of carbonyl (C=O) groups excluding carboxylic acids is 1. The third-order valence-electron chi connectivity index (χ3n) is 3.63. The van der Waals surface area contributed by atoms with Crippen LogP contribution in [0.4, 0.5) is 5.95 Å². The number of anilines is 1. The van der Waals surface area contributed by atoms with Crippen molar-refractivity contribution in [1.29, 1.82) is 0 Å². The molecule has 0 aliphatic carbocycles. The van der Waals surface area contributed by atoms with Gasteiger partial charge in [0.25, 0.3) is 5.91 Å². The van der Waals surface area contributed by atoms with Gasteiger partial charge in [0.1, 0.15) is 0 Å². The Morgan fingerprint density at radius 2 is 1.91 bits per heavy atom. The molecule has 0 bridgehead atoms. The van der Waals surface area contributed by atoms with Gasteiger partial charge in [0, 0.05) is 29.9 Å². The number of nitrogens with one attached hydrogen (secondary N) is 1. The molecular weight excluding hydrogens is 300 g/mol. The summed E-state index contributed by atoms with van der Waals surface area (Å²) in [6.45, 7) is 2.38. The van der Waals surface area contributed by atoms with Crippen molar-refractivity contribution in [3.8, 4) is 0 Å². The summed E-state index contributed by atoms with van der Waals surface area (Å²) in [6, 6.07) is 8.63. The van der Waals surface area contributed by atoms with Crippen LogP contribution in [-0.2, 0) is 6.54 Å². The SMILES string of the molecule is O=C(NCc1ccnc(N2CCCC2)n1)c1ccc(Cl)cc1. The lowest BCUT2D eigenvalue weighted by atomic mass is 10.2. The van der Waals surface area contributed by atoms with Crippen molar-refractivity contribution in [2.45, 2.75) is 19.4 Å². The number of hydrogen-bond acceptors (Lipinski definition) is 4. The molecule has 1 aliphatic heterocycles. The van der Waals surface area contributed by atoms with E-state index in [-0.39, 0.29) is 5.91 Å². The molecule has 1 aromatic carbocycles. The van der Waals surface area contributed by atoms with Crippen LogP contribution in [0.5, 0.6) is 0 Å². The first-order valence-corrected chi connectivity index (χ1v) is 7.71. The van der Waals surface area contributed by atoms with E-state index in [2.05, 4.69) is 20.2 Å². The number of halogens is 1. The fourth-order valence-corrected chi connectivity index (χ4v) is 2.55. The second kappa shape index (κ2) is 6.75. The molecule has 3 rings (SSSR count). The zero-order valence-corrected chi connectivity index (χ0v) is 12.9. The van der Waals surface area contributed by atoms with E-state index in [1.807, 2.05) is 6.07 Å². The van der Waals surface area contributed by atoms with Crippen molar-refractivity contribution < 1.29 is 4.79 Å². The van der Waals surface area contributed by atoms with Crippen LogP contribution in [0.15, 0.2) is 36.5 Å². The van der Waals surface area contributed by atoms with Gasteiger partial charge in [-0.15, -0.1) is 0 Å². The molecule has 22 heavy (non-hydrogen) atoms. The molecule has 6 heteroatoms. The van der Waals surface area contributed by atoms with Gasteiger partial charge in [-0.1, -0.05) is 11.6 Å². The standard InChI is InChI=1S/C16H17ClN4O/c17-13-5-3-12(4-6-13)15(22)19-11-14-7-8-18-16(20-14)21-9-1-2-10-21/h3-8H,1-2,9-11H2,(H,19,22). The molecule has 2 heterocycles. The van der Waals surface area contributed by atoms with Crippen molar-refractivity contribution in [2.24, 2.45) is 0 Å². The van der Waals surface area contributed by atoms with Gasteiger partial charge in [0.2, 0.25) is 5.95 Å². The highest BCUT2D eigenvalue weighted by Gasteiger charge is 2.15. The number of rotatable bonds is 4. The van der Waals surface area contributed by atoms with Gasteiger partial charge in [-0.2, -0.15) is 0 Å². The first-order valence-electron chi connectivity index (χ1n) is 7.33. The minimum absolute atomic E-state index is 0.141. The molecule has 0 saturated carbocycles. The Morgan fingerprint density at radius 3 is 2.64 bits per heavy atom. The fourth-order valence-electron chi connectivity index (χ4n) is 2.43. The summed E-state index contributed by atoms with van der Waals surface area (Å²) in [5.41, 5.74) is 1.39. The van der Waals surface area contributed by atoms with Gasteiger partial charge in [0.05, 0.1) is 12.2 Å². The highest BCUT2D eigenvalue weighted by atomic mass is 35.5. The van der Waals surface area contributed by atoms with E-state index < -0.39 is 0 Å². The van der Waals surface area contributed by atoms with Crippen LogP contribution in [0.1, 0.15) is 28.9 Å². The molecule has 1 saturated heterocycles. The average molecular weight is 317 g/mol. The number of benzene rings is 1. The Bertz CT molecular complexity index is 653. The van der Waals surface area contributed by atoms with Crippen LogP contribution in [0.25, 0.3) is 0 Å². The van der Waals surface area contributed by atoms with E-state index in [0.717, 1.165) is 24.7 Å². The van der Waals surface area contributed by atoms with E-state index >= 15 is 0 Å². The van der Waals surface area contributed by atoms with E-state index in [1.54, 1.807) is 30.5 Å². The van der Waals surface area contributed by atoms with Crippen molar-refractivity contribution in [2.75, 3.05) is 18.0 Å². The molecule has 2 aromatic rings. The summed E-state index contributed by atoms with van der Waals surface area (Å²) in [6.07, 6.45) is 4.10. The first kappa shape index (κ1) is 14.8. The van der Waals surface area contributed by atoms with Crippen LogP contribution in [0.2, 0.25) is 5.02 Å². The molecule has 5 nitrogen and oxygen atoms in total. The number of aromatic nitrogens is 2. The predicted octanol–water partition coefficient (Wildman–Crippen LogP) is 2.66. The Hall–Kier alpha value is -2.14. The summed E-state index contributed by atoms with van der Waals surface area (Å²) >= 11 is 5.82. The average Bonchev–Trinajstić information content (AvgIpc) is 3.08. The highest BCUT2D eigenvalue weighted by Crippen LogP contribution is 2.15. The molecule has 0 spiro atoms. The van der Waals surface area contributed by atoms with Gasteiger partial charge in [-0.05, 0) is 43.2 Å². The van der Waals surface area contributed by atoms with Crippen LogP contribution < -0.4 is 10.2 Å². The van der Waals surface area contributed by atoms with Crippen LogP contribution in [-0.4, -0.2) is 29.0 Å². The fraction of sp³-hybridized carbons (Fsp3) is 0.312. The first-order chi connectivity index (χ1) is 10.7. The van der Waals surface area contributed by atoms with E-state index in [4.69, 9.17) is 11.6 Å². The lowest BCUT2D eigenvalue weighted by Crippen LogP contribution is -2.25. The minimum atomic E-state index is -0.141. The monoisotopic (exact) mass is 316 g/mol. The van der Waals surface area contributed by atoms with Gasteiger partial charge < -0.3 is 10.2 Å². The summed E-state index contributed by atoms with van der Waals surface area (Å²) < 4.78 is 0. The highest BCUT2D eigenvalue weighted by molar-refractivity contribution is 6.30. The van der Waals surface area contributed by atoms with Crippen molar-refractivity contribution in [1.82, 2.24) is 15.3 Å². The van der Waals surface area contributed by atoms with Gasteiger partial charge in [-0.25, -0.2) is 9.97 Å². The summed E-state index contributed by atoms with van der Waals surface area (Å²) in [5.74, 6) is 0.605. The third-order valence-corrected chi connectivity index (χ3v) is 3.88. The molecular formula is C16H17ClN4O. The molecule has 1 fully saturated rings. The second-order valence-corrected chi connectivity index (χ2v) is 5.67. The smallest absolute Gasteiger partial charge is 0.251 e. The molecule has 1 N–H and O–H groups in total. The summed E-state index contributed by atoms with van der Waals surface area (Å²) in [7, 11) is 0. The van der Waals surface area contributed by atoms with Gasteiger partial charge in [-0.3, -0.25) is 4.79 Å². The molecule has 114 valence electrons. The maximum absolute atomic E-state index is 12.1. The minimum Gasteiger partial charge on any atom is -0.346 e. The number of hydrogen-bond donors (Lipinski definition) is 1. The third kappa shape index (κ3) is 3.54. The van der Waals surface area contributed by atoms with Crippen LogP contribution in [0, 0.1) is 0 Å². The van der Waals surface area contributed by atoms with Crippen LogP contribution >= 0.6 is 11.6 Å². The Morgan fingerprint density at radius 1 is 1.18 bits per heavy atom. The molecule has 0 radical (unpaired) electrons. The molecule has 1 aromatic heterocycles. The number of amides is 1. The van der Waals surface area contributed by atoms with Gasteiger partial charge >= 0.3 is 0 Å². The normalized spacial score (nSPS) is 14.1. The number of carbonyl (C=O) groups is 1. The Kier molecular flexibility index (Phi) is 4.53. The zero-order chi connectivity index (χ0) is 15.4. The topological polar surface area (TPSA) is 58.1 Å². The van der Waals surface area contributed by atoms with E-state index in [9.17, 15) is 4.79 Å². The molecule has 1 aliphatic rings. The van der Waals surface area contributed by atoms with Crippen molar-refractivity contribution in [3.05, 3.63) is 52.8 Å². The quantitative estimate of drug-likeness (QED) is 0.942. The molecule has 0 atom stereocenters. The van der Waals surface area contributed by atoms with Crippen LogP contribution in [0.3, 0.4) is 0 Å². The van der Waals surface area contributed by atoms with E-state index in [0.29, 0.717) is 17.1 Å². The Balaban J connectivity index is 1.62. The van der Waals surface area contributed by atoms with Gasteiger partial charge in [0.15, 0.2) is 0 Å². The maximum atomic E-state index is 12.1. The van der Waals surface area contributed by atoms with Crippen molar-refractivity contribution >= 4 is 23.5 Å². The lowest BCUT2D eigenvalue weighted by Gasteiger charge is -2.15. The second-order valence-electron chi connectivity index (χ2n) is 5.23. The maximum Gasteiger partial charge on any atom is 0.251 e. The summed E-state index contributed by atoms with van der Waals surface area (Å²) in [4.78, 5) is 23.1. The largest absolute Gasteiger partial charge is 0.346 e. The van der Waals surface area contributed by atoms with Crippen molar-refractivity contribution in [3.63, 3.8) is 0 Å². The zero-order valence-electron chi connectivity index (χ0n) is 12.1.